The van der Waals surface area contributed by atoms with Crippen LogP contribution in [0.2, 0.25) is 0 Å². The maximum atomic E-state index is 4.18. The van der Waals surface area contributed by atoms with Crippen LogP contribution in [0.5, 0.6) is 0 Å². The van der Waals surface area contributed by atoms with Gasteiger partial charge in [-0.15, -0.1) is 0 Å². The predicted molar refractivity (Wildman–Crippen MR) is 110 cm³/mol. The Hall–Kier alpha value is -1.22. The number of aryl methyl sites for hydroxylation is 2. The number of aromatic nitrogens is 2. The van der Waals surface area contributed by atoms with E-state index >= 15 is 0 Å². The van der Waals surface area contributed by atoms with Gasteiger partial charge in [0.2, 0.25) is 0 Å². The largest absolute Gasteiger partial charge is 1.00 e. The molecule has 2 rings (SSSR count). The second-order valence-electron chi connectivity index (χ2n) is 8.02. The number of pyridine rings is 2. The van der Waals surface area contributed by atoms with E-state index in [-0.39, 0.29) is 17.0 Å². The van der Waals surface area contributed by atoms with E-state index in [1.165, 1.54) is 63.4 Å². The number of nitrogens with zero attached hydrogens (tertiary/aromatic N) is 2. The van der Waals surface area contributed by atoms with Crippen LogP contribution >= 0.6 is 0 Å². The average Bonchev–Trinajstić information content (AvgIpc) is 2.67. The van der Waals surface area contributed by atoms with Gasteiger partial charge in [0.25, 0.3) is 0 Å². The fraction of sp³-hybridized carbons (Fsp3) is 0.583. The van der Waals surface area contributed by atoms with Crippen LogP contribution < -0.4 is 21.5 Å². The molecule has 2 unspecified atom stereocenters. The summed E-state index contributed by atoms with van der Waals surface area (Å²) in [6.45, 7) is 6.00. The van der Waals surface area contributed by atoms with Gasteiger partial charge in [-0.25, -0.2) is 4.57 Å². The zero-order valence-electron chi connectivity index (χ0n) is 17.2. The molecule has 2 aromatic rings. The molecule has 2 atom stereocenters. The predicted octanol–water partition coefficient (Wildman–Crippen LogP) is 3.01. The lowest BCUT2D eigenvalue weighted by molar-refractivity contribution is -0.698. The van der Waals surface area contributed by atoms with Crippen molar-refractivity contribution in [1.29, 1.82) is 0 Å². The van der Waals surface area contributed by atoms with Crippen LogP contribution in [0.4, 0.5) is 0 Å². The summed E-state index contributed by atoms with van der Waals surface area (Å²) < 4.78 is 2.30. The first-order valence-electron chi connectivity index (χ1n) is 10.6. The third-order valence-corrected chi connectivity index (χ3v) is 5.35. The van der Waals surface area contributed by atoms with Crippen LogP contribution in [0.1, 0.15) is 70.8 Å². The van der Waals surface area contributed by atoms with Gasteiger partial charge in [-0.1, -0.05) is 58.1 Å². The molecule has 0 saturated carbocycles. The molecular weight excluding hydrogens is 396 g/mol. The Balaban J connectivity index is 0.00000364. The Labute approximate surface area is 177 Å². The highest BCUT2D eigenvalue weighted by Crippen LogP contribution is 2.21. The fourth-order valence-electron chi connectivity index (χ4n) is 3.77. The fourth-order valence-corrected chi connectivity index (χ4v) is 3.77. The van der Waals surface area contributed by atoms with Gasteiger partial charge in [0.05, 0.1) is 0 Å². The number of rotatable bonds is 13. The molecule has 0 amide bonds. The van der Waals surface area contributed by atoms with E-state index in [0.717, 1.165) is 18.4 Å². The van der Waals surface area contributed by atoms with E-state index in [1.807, 2.05) is 18.5 Å². The monoisotopic (exact) mass is 432 g/mol. The Kier molecular flexibility index (Phi) is 13.0. The maximum absolute atomic E-state index is 4.18. The Bertz CT molecular complexity index is 573. The highest BCUT2D eigenvalue weighted by molar-refractivity contribution is 5.08. The van der Waals surface area contributed by atoms with Crippen molar-refractivity contribution in [1.82, 2.24) is 4.98 Å². The molecule has 0 aliphatic carbocycles. The summed E-state index contributed by atoms with van der Waals surface area (Å²) in [6, 6.07) is 10.5. The Morgan fingerprint density at radius 2 is 1.56 bits per heavy atom. The lowest BCUT2D eigenvalue weighted by Gasteiger charge is -2.16. The van der Waals surface area contributed by atoms with E-state index in [4.69, 9.17) is 0 Å². The van der Waals surface area contributed by atoms with E-state index in [0.29, 0.717) is 0 Å². The Morgan fingerprint density at radius 3 is 2.30 bits per heavy atom. The van der Waals surface area contributed by atoms with Crippen LogP contribution in [-0.4, -0.2) is 4.98 Å². The summed E-state index contributed by atoms with van der Waals surface area (Å²) in [5.74, 6) is 1.68. The molecule has 0 N–H and O–H groups in total. The molecule has 27 heavy (non-hydrogen) atoms. The van der Waals surface area contributed by atoms with Crippen molar-refractivity contribution in [3.8, 4) is 0 Å². The first kappa shape index (κ1) is 23.8. The van der Waals surface area contributed by atoms with Gasteiger partial charge in [0.1, 0.15) is 6.54 Å². The van der Waals surface area contributed by atoms with E-state index in [9.17, 15) is 0 Å². The first-order chi connectivity index (χ1) is 12.7. The lowest BCUT2D eigenvalue weighted by Crippen LogP contribution is -3.00. The minimum Gasteiger partial charge on any atom is -1.00 e. The average molecular weight is 433 g/mol. The zero-order chi connectivity index (χ0) is 18.5. The number of unbranched alkanes of at least 4 members (excludes halogenated alkanes) is 4. The van der Waals surface area contributed by atoms with Crippen LogP contribution in [-0.2, 0) is 13.0 Å². The molecule has 0 radical (unpaired) electrons. The summed E-state index contributed by atoms with van der Waals surface area (Å²) >= 11 is 0. The number of halogens is 1. The molecule has 0 spiro atoms. The molecule has 0 aliphatic heterocycles. The topological polar surface area (TPSA) is 16.8 Å². The van der Waals surface area contributed by atoms with Crippen LogP contribution in [0, 0.1) is 11.8 Å². The minimum atomic E-state index is 0. The van der Waals surface area contributed by atoms with Gasteiger partial charge >= 0.3 is 0 Å². The van der Waals surface area contributed by atoms with Crippen molar-refractivity contribution in [2.45, 2.75) is 78.2 Å². The molecule has 150 valence electrons. The maximum Gasteiger partial charge on any atom is 0.168 e. The molecule has 0 aliphatic rings. The van der Waals surface area contributed by atoms with Gasteiger partial charge in [-0.05, 0) is 42.7 Å². The standard InChI is InChI=1S/C24H37N2.BrH/c1-22(20-23(2)15-19-26-17-9-6-10-18-26)12-7-4-3-5-8-13-24-14-11-16-25-21-24;/h6,9-11,14,16-18,21-23H,3-5,7-8,12-13,15,19-20H2,1-2H3;1H/q+1;/p-1. The molecule has 0 fully saturated rings. The Morgan fingerprint density at radius 1 is 0.852 bits per heavy atom. The molecular formula is C24H37BrN2. The molecule has 0 bridgehead atoms. The zero-order valence-corrected chi connectivity index (χ0v) is 18.8. The van der Waals surface area contributed by atoms with E-state index in [2.05, 4.69) is 60.1 Å². The van der Waals surface area contributed by atoms with Gasteiger partial charge in [0, 0.05) is 30.9 Å². The third-order valence-electron chi connectivity index (χ3n) is 5.35. The van der Waals surface area contributed by atoms with Crippen LogP contribution in [0.3, 0.4) is 0 Å². The summed E-state index contributed by atoms with van der Waals surface area (Å²) in [5.41, 5.74) is 1.38. The summed E-state index contributed by atoms with van der Waals surface area (Å²) in [4.78, 5) is 4.18. The number of hydrogen-bond acceptors (Lipinski definition) is 1. The molecule has 2 aromatic heterocycles. The van der Waals surface area contributed by atoms with Crippen LogP contribution in [0.25, 0.3) is 0 Å². The molecule has 0 aromatic carbocycles. The van der Waals surface area contributed by atoms with Crippen LogP contribution in [0.15, 0.2) is 55.1 Å². The second-order valence-corrected chi connectivity index (χ2v) is 8.02. The van der Waals surface area contributed by atoms with Gasteiger partial charge in [0.15, 0.2) is 12.4 Å². The van der Waals surface area contributed by atoms with Gasteiger partial charge in [-0.2, -0.15) is 0 Å². The number of hydrogen-bond donors (Lipinski definition) is 0. The summed E-state index contributed by atoms with van der Waals surface area (Å²) in [5, 5.41) is 0. The SMILES string of the molecule is CC(CCCCCCCc1cccnc1)CC(C)CC[n+]1ccccc1.[Br-]. The molecule has 3 heteroatoms. The van der Waals surface area contributed by atoms with E-state index < -0.39 is 0 Å². The smallest absolute Gasteiger partial charge is 0.168 e. The molecule has 2 heterocycles. The highest BCUT2D eigenvalue weighted by atomic mass is 79.9. The van der Waals surface area contributed by atoms with Crippen molar-refractivity contribution < 1.29 is 21.5 Å². The van der Waals surface area contributed by atoms with Gasteiger partial charge in [-0.3, -0.25) is 4.98 Å². The van der Waals surface area contributed by atoms with Crippen molar-refractivity contribution in [2.75, 3.05) is 0 Å². The first-order valence-corrected chi connectivity index (χ1v) is 10.6. The van der Waals surface area contributed by atoms with Crippen molar-refractivity contribution in [3.05, 3.63) is 60.7 Å². The summed E-state index contributed by atoms with van der Waals surface area (Å²) in [6.07, 6.45) is 20.3. The normalized spacial score (nSPS) is 13.0. The minimum absolute atomic E-state index is 0. The highest BCUT2D eigenvalue weighted by Gasteiger charge is 2.11. The van der Waals surface area contributed by atoms with E-state index in [1.54, 1.807) is 0 Å². The summed E-state index contributed by atoms with van der Waals surface area (Å²) in [7, 11) is 0. The van der Waals surface area contributed by atoms with Crippen molar-refractivity contribution in [3.63, 3.8) is 0 Å². The van der Waals surface area contributed by atoms with Gasteiger partial charge < -0.3 is 17.0 Å². The van der Waals surface area contributed by atoms with Crippen molar-refractivity contribution >= 4 is 0 Å². The third kappa shape index (κ3) is 11.3. The molecule has 0 saturated heterocycles. The lowest BCUT2D eigenvalue weighted by atomic mass is 9.90. The van der Waals surface area contributed by atoms with Crippen molar-refractivity contribution in [2.24, 2.45) is 11.8 Å². The quantitative estimate of drug-likeness (QED) is 0.351. The second kappa shape index (κ2) is 14.8. The molecule has 2 nitrogen and oxygen atoms in total.